The zero-order valence-corrected chi connectivity index (χ0v) is 15.8. The molecule has 4 rings (SSSR count). The number of aromatic nitrogens is 2. The zero-order chi connectivity index (χ0) is 18.4. The first-order valence-electron chi connectivity index (χ1n) is 8.06. The van der Waals surface area contributed by atoms with Crippen LogP contribution in [-0.4, -0.2) is 9.13 Å². The standard InChI is InChI=1S/C19H16BrN3O3/c1-22-17(24)15-16(11-6-5-7-12(20)10-11)21-13-8-3-4-9-14(13)26-18(15)23(2)19(22)25/h3-10,16,21H,1-2H3/t16-/m0/s1. The number of benzene rings is 2. The summed E-state index contributed by atoms with van der Waals surface area (Å²) in [6.07, 6.45) is 0. The second-order valence-electron chi connectivity index (χ2n) is 6.16. The van der Waals surface area contributed by atoms with Gasteiger partial charge in [-0.1, -0.05) is 40.2 Å². The maximum Gasteiger partial charge on any atom is 0.333 e. The Kier molecular flexibility index (Phi) is 3.96. The number of hydrogen-bond donors (Lipinski definition) is 1. The summed E-state index contributed by atoms with van der Waals surface area (Å²) < 4.78 is 9.38. The molecule has 0 saturated carbocycles. The minimum Gasteiger partial charge on any atom is -0.438 e. The highest BCUT2D eigenvalue weighted by atomic mass is 79.9. The molecule has 0 bridgehead atoms. The van der Waals surface area contributed by atoms with Crippen molar-refractivity contribution in [2.45, 2.75) is 6.04 Å². The van der Waals surface area contributed by atoms with Crippen molar-refractivity contribution in [3.63, 3.8) is 0 Å². The number of anilines is 1. The molecule has 26 heavy (non-hydrogen) atoms. The van der Waals surface area contributed by atoms with E-state index in [1.807, 2.05) is 42.5 Å². The Morgan fingerprint density at radius 2 is 1.81 bits per heavy atom. The fraction of sp³-hybridized carbons (Fsp3) is 0.158. The average molecular weight is 414 g/mol. The molecule has 0 unspecified atom stereocenters. The molecule has 1 aliphatic heterocycles. The van der Waals surface area contributed by atoms with Gasteiger partial charge in [0.2, 0.25) is 5.88 Å². The Balaban J connectivity index is 2.07. The second kappa shape index (κ2) is 6.17. The summed E-state index contributed by atoms with van der Waals surface area (Å²) in [6.45, 7) is 0. The van der Waals surface area contributed by atoms with Crippen LogP contribution in [0.4, 0.5) is 5.69 Å². The Morgan fingerprint density at radius 1 is 1.04 bits per heavy atom. The molecule has 1 atom stereocenters. The molecule has 1 aromatic heterocycles. The van der Waals surface area contributed by atoms with Crippen LogP contribution < -0.4 is 21.3 Å². The molecule has 7 heteroatoms. The summed E-state index contributed by atoms with van der Waals surface area (Å²) in [6, 6.07) is 14.7. The van der Waals surface area contributed by atoms with E-state index in [2.05, 4.69) is 21.2 Å². The first-order chi connectivity index (χ1) is 12.5. The minimum absolute atomic E-state index is 0.250. The van der Waals surface area contributed by atoms with Crippen LogP contribution in [0.3, 0.4) is 0 Å². The highest BCUT2D eigenvalue weighted by molar-refractivity contribution is 9.10. The van der Waals surface area contributed by atoms with Crippen LogP contribution in [0.5, 0.6) is 11.6 Å². The molecule has 2 aromatic carbocycles. The van der Waals surface area contributed by atoms with E-state index >= 15 is 0 Å². The van der Waals surface area contributed by atoms with E-state index in [0.717, 1.165) is 20.3 Å². The molecule has 1 N–H and O–H groups in total. The average Bonchev–Trinajstić information content (AvgIpc) is 2.82. The molecule has 1 aliphatic rings. The van der Waals surface area contributed by atoms with Crippen molar-refractivity contribution >= 4 is 21.6 Å². The van der Waals surface area contributed by atoms with Crippen LogP contribution in [0, 0.1) is 0 Å². The lowest BCUT2D eigenvalue weighted by Crippen LogP contribution is -2.40. The lowest BCUT2D eigenvalue weighted by molar-refractivity contribution is 0.420. The van der Waals surface area contributed by atoms with Crippen LogP contribution in [0.25, 0.3) is 0 Å². The topological polar surface area (TPSA) is 65.3 Å². The molecule has 0 amide bonds. The molecular weight excluding hydrogens is 398 g/mol. The van der Waals surface area contributed by atoms with Gasteiger partial charge >= 0.3 is 5.69 Å². The van der Waals surface area contributed by atoms with Crippen LogP contribution >= 0.6 is 15.9 Å². The van der Waals surface area contributed by atoms with E-state index in [1.165, 1.54) is 11.6 Å². The summed E-state index contributed by atoms with van der Waals surface area (Å²) in [5, 5.41) is 3.40. The van der Waals surface area contributed by atoms with Gasteiger partial charge in [0.05, 0.1) is 11.7 Å². The van der Waals surface area contributed by atoms with Gasteiger partial charge < -0.3 is 10.1 Å². The van der Waals surface area contributed by atoms with Gasteiger partial charge in [-0.2, -0.15) is 0 Å². The Morgan fingerprint density at radius 3 is 2.58 bits per heavy atom. The van der Waals surface area contributed by atoms with Crippen molar-refractivity contribution < 1.29 is 4.74 Å². The van der Waals surface area contributed by atoms with Gasteiger partial charge in [0.25, 0.3) is 5.56 Å². The number of ether oxygens (including phenoxy) is 1. The minimum atomic E-state index is -0.461. The quantitative estimate of drug-likeness (QED) is 0.665. The molecule has 3 aromatic rings. The lowest BCUT2D eigenvalue weighted by atomic mass is 10.00. The highest BCUT2D eigenvalue weighted by Crippen LogP contribution is 2.40. The summed E-state index contributed by atoms with van der Waals surface area (Å²) in [7, 11) is 3.08. The predicted molar refractivity (Wildman–Crippen MR) is 103 cm³/mol. The Bertz CT molecular complexity index is 1130. The van der Waals surface area contributed by atoms with Crippen molar-refractivity contribution in [3.05, 3.63) is 85.0 Å². The van der Waals surface area contributed by atoms with E-state index < -0.39 is 11.7 Å². The number of nitrogens with zero attached hydrogens (tertiary/aromatic N) is 2. The highest BCUT2D eigenvalue weighted by Gasteiger charge is 2.30. The van der Waals surface area contributed by atoms with Gasteiger partial charge in [0.1, 0.15) is 5.56 Å². The van der Waals surface area contributed by atoms with Crippen molar-refractivity contribution in [1.29, 1.82) is 0 Å². The van der Waals surface area contributed by atoms with E-state index in [1.54, 1.807) is 13.1 Å². The predicted octanol–water partition coefficient (Wildman–Crippen LogP) is 3.15. The maximum atomic E-state index is 13.0. The van der Waals surface area contributed by atoms with Crippen molar-refractivity contribution in [2.75, 3.05) is 5.32 Å². The van der Waals surface area contributed by atoms with Gasteiger partial charge in [0, 0.05) is 18.6 Å². The van der Waals surface area contributed by atoms with Gasteiger partial charge in [-0.25, -0.2) is 4.79 Å². The SMILES string of the molecule is Cn1c2c(c(=O)n(C)c1=O)[C@H](c1cccc(Br)c1)Nc1ccccc1O2. The van der Waals surface area contributed by atoms with Crippen LogP contribution in [0.1, 0.15) is 17.2 Å². The van der Waals surface area contributed by atoms with Gasteiger partial charge in [-0.05, 0) is 29.8 Å². The summed E-state index contributed by atoms with van der Waals surface area (Å²) in [5.41, 5.74) is 1.22. The van der Waals surface area contributed by atoms with E-state index in [-0.39, 0.29) is 11.4 Å². The normalized spacial score (nSPS) is 15.3. The van der Waals surface area contributed by atoms with Crippen molar-refractivity contribution in [2.24, 2.45) is 14.1 Å². The van der Waals surface area contributed by atoms with Gasteiger partial charge in [-0.15, -0.1) is 0 Å². The Labute approximate surface area is 157 Å². The molecule has 6 nitrogen and oxygen atoms in total. The van der Waals surface area contributed by atoms with Crippen LogP contribution in [0.2, 0.25) is 0 Å². The van der Waals surface area contributed by atoms with Crippen molar-refractivity contribution in [3.8, 4) is 11.6 Å². The number of halogens is 1. The largest absolute Gasteiger partial charge is 0.438 e. The first-order valence-corrected chi connectivity index (χ1v) is 8.85. The number of hydrogen-bond acceptors (Lipinski definition) is 4. The molecule has 0 fully saturated rings. The summed E-state index contributed by atoms with van der Waals surface area (Å²) in [5.74, 6) is 0.815. The Hall–Kier alpha value is -2.80. The van der Waals surface area contributed by atoms with Crippen LogP contribution in [-0.2, 0) is 14.1 Å². The third-order valence-electron chi connectivity index (χ3n) is 4.51. The number of rotatable bonds is 1. The third kappa shape index (κ3) is 2.55. The second-order valence-corrected chi connectivity index (χ2v) is 7.07. The molecule has 0 spiro atoms. The molecule has 2 heterocycles. The molecular formula is C19H16BrN3O3. The van der Waals surface area contributed by atoms with E-state index in [4.69, 9.17) is 4.74 Å². The molecule has 132 valence electrons. The fourth-order valence-corrected chi connectivity index (χ4v) is 3.58. The van der Waals surface area contributed by atoms with E-state index in [9.17, 15) is 9.59 Å². The molecule has 0 saturated heterocycles. The molecule has 0 radical (unpaired) electrons. The smallest absolute Gasteiger partial charge is 0.333 e. The number of nitrogens with one attached hydrogen (secondary N) is 1. The lowest BCUT2D eigenvalue weighted by Gasteiger charge is -2.20. The van der Waals surface area contributed by atoms with Gasteiger partial charge in [-0.3, -0.25) is 13.9 Å². The van der Waals surface area contributed by atoms with Gasteiger partial charge in [0.15, 0.2) is 5.75 Å². The van der Waals surface area contributed by atoms with E-state index in [0.29, 0.717) is 11.3 Å². The third-order valence-corrected chi connectivity index (χ3v) is 5.00. The summed E-state index contributed by atoms with van der Waals surface area (Å²) >= 11 is 3.48. The molecule has 0 aliphatic carbocycles. The fourth-order valence-electron chi connectivity index (χ4n) is 3.16. The number of fused-ring (bicyclic) bond motifs is 2. The summed E-state index contributed by atoms with van der Waals surface area (Å²) in [4.78, 5) is 25.4. The van der Waals surface area contributed by atoms with Crippen molar-refractivity contribution in [1.82, 2.24) is 9.13 Å². The zero-order valence-electron chi connectivity index (χ0n) is 14.2. The first kappa shape index (κ1) is 16.7. The van der Waals surface area contributed by atoms with Crippen LogP contribution in [0.15, 0.2) is 62.6 Å². The number of para-hydroxylation sites is 2. The maximum absolute atomic E-state index is 13.0. The monoisotopic (exact) mass is 413 g/mol.